The standard InChI is InChI=1S/C10H18NO3/c1-3-8(2)9(11)10(13)14-7-5-4-6-12/h8-9H,3-5,7,11H2,1-2H3/t8-,9-/m0/s1. The van der Waals surface area contributed by atoms with Gasteiger partial charge in [-0.25, -0.2) is 0 Å². The molecule has 0 rings (SSSR count). The van der Waals surface area contributed by atoms with Gasteiger partial charge in [-0.15, -0.1) is 0 Å². The molecule has 2 N–H and O–H groups in total. The third-order valence-electron chi connectivity index (χ3n) is 2.20. The third-order valence-corrected chi connectivity index (χ3v) is 2.20. The van der Waals surface area contributed by atoms with E-state index in [0.29, 0.717) is 12.8 Å². The second-order valence-electron chi connectivity index (χ2n) is 3.33. The molecule has 0 saturated heterocycles. The zero-order chi connectivity index (χ0) is 11.0. The molecule has 81 valence electrons. The summed E-state index contributed by atoms with van der Waals surface area (Å²) < 4.78 is 4.89. The Morgan fingerprint density at radius 3 is 2.71 bits per heavy atom. The van der Waals surface area contributed by atoms with Crippen LogP contribution in [0.3, 0.4) is 0 Å². The topological polar surface area (TPSA) is 69.4 Å². The lowest BCUT2D eigenvalue weighted by atomic mass is 10.0. The second kappa shape index (κ2) is 7.50. The number of nitrogens with two attached hydrogens (primary N) is 1. The molecule has 0 aromatic heterocycles. The van der Waals surface area contributed by atoms with Gasteiger partial charge in [0.05, 0.1) is 6.61 Å². The van der Waals surface area contributed by atoms with Gasteiger partial charge in [0, 0.05) is 6.42 Å². The molecule has 4 heteroatoms. The summed E-state index contributed by atoms with van der Waals surface area (Å²) in [5, 5.41) is 0. The van der Waals surface area contributed by atoms with Gasteiger partial charge in [-0.05, 0) is 12.3 Å². The molecule has 2 atom stereocenters. The van der Waals surface area contributed by atoms with Gasteiger partial charge in [0.1, 0.15) is 6.04 Å². The van der Waals surface area contributed by atoms with E-state index in [1.165, 1.54) is 0 Å². The summed E-state index contributed by atoms with van der Waals surface area (Å²) in [5.74, 6) is -0.259. The first-order chi connectivity index (χ1) is 6.63. The van der Waals surface area contributed by atoms with E-state index in [9.17, 15) is 9.59 Å². The number of esters is 1. The largest absolute Gasteiger partial charge is 0.465 e. The van der Waals surface area contributed by atoms with Crippen LogP contribution >= 0.6 is 0 Å². The SMILES string of the molecule is CC[C@H](C)[C@H](N)C(=O)OCCC[C]=O. The molecular formula is C10H18NO3. The van der Waals surface area contributed by atoms with Crippen LogP contribution in [0.15, 0.2) is 0 Å². The van der Waals surface area contributed by atoms with Crippen LogP contribution in [0.1, 0.15) is 33.1 Å². The summed E-state index contributed by atoms with van der Waals surface area (Å²) in [6, 6.07) is -0.555. The van der Waals surface area contributed by atoms with E-state index < -0.39 is 6.04 Å². The summed E-state index contributed by atoms with van der Waals surface area (Å²) in [6.45, 7) is 4.13. The quantitative estimate of drug-likeness (QED) is 0.487. The van der Waals surface area contributed by atoms with Crippen LogP contribution in [0.2, 0.25) is 0 Å². The molecule has 0 unspecified atom stereocenters. The first-order valence-electron chi connectivity index (χ1n) is 4.90. The molecule has 0 aromatic rings. The van der Waals surface area contributed by atoms with E-state index in [1.807, 2.05) is 13.8 Å². The van der Waals surface area contributed by atoms with Crippen molar-refractivity contribution >= 4 is 12.3 Å². The van der Waals surface area contributed by atoms with Crippen molar-refractivity contribution in [3.05, 3.63) is 0 Å². The number of rotatable bonds is 7. The summed E-state index contributed by atoms with van der Waals surface area (Å²) in [6.07, 6.45) is 3.39. The Hall–Kier alpha value is -0.900. The highest BCUT2D eigenvalue weighted by atomic mass is 16.5. The lowest BCUT2D eigenvalue weighted by Gasteiger charge is -2.16. The van der Waals surface area contributed by atoms with Crippen LogP contribution in [0.4, 0.5) is 0 Å². The molecule has 0 spiro atoms. The fourth-order valence-electron chi connectivity index (χ4n) is 0.900. The minimum absolute atomic E-state index is 0.125. The molecule has 0 aliphatic heterocycles. The average Bonchev–Trinajstić information content (AvgIpc) is 2.21. The van der Waals surface area contributed by atoms with E-state index in [0.717, 1.165) is 6.42 Å². The van der Waals surface area contributed by atoms with Crippen molar-refractivity contribution in [1.29, 1.82) is 0 Å². The van der Waals surface area contributed by atoms with Gasteiger partial charge in [-0.1, -0.05) is 20.3 Å². The van der Waals surface area contributed by atoms with Gasteiger partial charge in [0.15, 0.2) is 6.29 Å². The zero-order valence-corrected chi connectivity index (χ0v) is 8.79. The van der Waals surface area contributed by atoms with Gasteiger partial charge in [0.25, 0.3) is 0 Å². The number of unbranched alkanes of at least 4 members (excludes halogenated alkanes) is 1. The van der Waals surface area contributed by atoms with Crippen molar-refractivity contribution < 1.29 is 14.3 Å². The van der Waals surface area contributed by atoms with Crippen molar-refractivity contribution in [2.24, 2.45) is 11.7 Å². The van der Waals surface area contributed by atoms with Gasteiger partial charge < -0.3 is 10.5 Å². The zero-order valence-electron chi connectivity index (χ0n) is 8.79. The summed E-state index contributed by atoms with van der Waals surface area (Å²) >= 11 is 0. The molecule has 0 heterocycles. The molecule has 0 aromatic carbocycles. The Balaban J connectivity index is 3.67. The minimum Gasteiger partial charge on any atom is -0.465 e. The summed E-state index contributed by atoms with van der Waals surface area (Å²) in [7, 11) is 0. The first kappa shape index (κ1) is 13.1. The van der Waals surface area contributed by atoms with Crippen molar-refractivity contribution in [1.82, 2.24) is 0 Å². The van der Waals surface area contributed by atoms with Crippen LogP contribution in [0.5, 0.6) is 0 Å². The maximum atomic E-state index is 11.3. The van der Waals surface area contributed by atoms with E-state index in [2.05, 4.69) is 0 Å². The number of carbonyl (C=O) groups is 1. The fraction of sp³-hybridized carbons (Fsp3) is 0.800. The number of hydrogen-bond acceptors (Lipinski definition) is 4. The van der Waals surface area contributed by atoms with E-state index >= 15 is 0 Å². The molecular weight excluding hydrogens is 182 g/mol. The average molecular weight is 200 g/mol. The molecule has 0 saturated carbocycles. The van der Waals surface area contributed by atoms with Crippen molar-refractivity contribution in [3.8, 4) is 0 Å². The Morgan fingerprint density at radius 1 is 1.57 bits per heavy atom. The predicted molar refractivity (Wildman–Crippen MR) is 53.3 cm³/mol. The Morgan fingerprint density at radius 2 is 2.21 bits per heavy atom. The smallest absolute Gasteiger partial charge is 0.323 e. The van der Waals surface area contributed by atoms with Gasteiger partial charge >= 0.3 is 5.97 Å². The maximum Gasteiger partial charge on any atom is 0.323 e. The van der Waals surface area contributed by atoms with Gasteiger partial charge in [0.2, 0.25) is 0 Å². The van der Waals surface area contributed by atoms with E-state index in [-0.39, 0.29) is 18.5 Å². The highest BCUT2D eigenvalue weighted by Crippen LogP contribution is 2.06. The Labute approximate surface area is 84.8 Å². The van der Waals surface area contributed by atoms with Gasteiger partial charge in [-0.2, -0.15) is 0 Å². The molecule has 0 aliphatic carbocycles. The molecule has 14 heavy (non-hydrogen) atoms. The molecule has 1 radical (unpaired) electrons. The number of ether oxygens (including phenoxy) is 1. The third kappa shape index (κ3) is 4.97. The number of carbonyl (C=O) groups excluding carboxylic acids is 2. The lowest BCUT2D eigenvalue weighted by molar-refractivity contribution is -0.146. The molecule has 0 fully saturated rings. The maximum absolute atomic E-state index is 11.3. The highest BCUT2D eigenvalue weighted by Gasteiger charge is 2.20. The fourth-order valence-corrected chi connectivity index (χ4v) is 0.900. The van der Waals surface area contributed by atoms with Crippen molar-refractivity contribution in [2.75, 3.05) is 6.61 Å². The van der Waals surface area contributed by atoms with E-state index in [4.69, 9.17) is 10.5 Å². The predicted octanol–water partition coefficient (Wildman–Crippen LogP) is 0.793. The van der Waals surface area contributed by atoms with Crippen molar-refractivity contribution in [2.45, 2.75) is 39.2 Å². The van der Waals surface area contributed by atoms with Crippen molar-refractivity contribution in [3.63, 3.8) is 0 Å². The summed E-state index contributed by atoms with van der Waals surface area (Å²) in [5.41, 5.74) is 5.63. The molecule has 4 nitrogen and oxygen atoms in total. The van der Waals surface area contributed by atoms with E-state index in [1.54, 1.807) is 6.29 Å². The Bertz CT molecular complexity index is 182. The van der Waals surface area contributed by atoms with Crippen LogP contribution in [0, 0.1) is 5.92 Å². The normalized spacial score (nSPS) is 14.5. The lowest BCUT2D eigenvalue weighted by Crippen LogP contribution is -2.38. The van der Waals surface area contributed by atoms with Crippen LogP contribution < -0.4 is 5.73 Å². The van der Waals surface area contributed by atoms with Crippen LogP contribution in [-0.4, -0.2) is 24.9 Å². The molecule has 0 bridgehead atoms. The second-order valence-corrected chi connectivity index (χ2v) is 3.33. The Kier molecular flexibility index (Phi) is 7.02. The summed E-state index contributed by atoms with van der Waals surface area (Å²) in [4.78, 5) is 21.1. The monoisotopic (exact) mass is 200 g/mol. The van der Waals surface area contributed by atoms with Crippen LogP contribution in [0.25, 0.3) is 0 Å². The first-order valence-corrected chi connectivity index (χ1v) is 4.90. The minimum atomic E-state index is -0.555. The highest BCUT2D eigenvalue weighted by molar-refractivity contribution is 5.75. The van der Waals surface area contributed by atoms with Gasteiger partial charge in [-0.3, -0.25) is 9.59 Å². The number of hydrogen-bond donors (Lipinski definition) is 1. The van der Waals surface area contributed by atoms with Crippen LogP contribution in [-0.2, 0) is 14.3 Å². The molecule has 0 aliphatic rings. The molecule has 0 amide bonds.